The Balaban J connectivity index is 2.54. The number of oxime groups is 1. The minimum Gasteiger partial charge on any atom is -0.465 e. The molecule has 0 fully saturated rings. The molecule has 0 bridgehead atoms. The summed E-state index contributed by atoms with van der Waals surface area (Å²) in [7, 11) is -1.44. The zero-order chi connectivity index (χ0) is 11.8. The van der Waals surface area contributed by atoms with Crippen LogP contribution < -0.4 is 5.38 Å². The van der Waals surface area contributed by atoms with Crippen molar-refractivity contribution < 1.29 is 9.62 Å². The molecule has 0 saturated heterocycles. The van der Waals surface area contributed by atoms with E-state index in [1.54, 1.807) is 6.20 Å². The molecule has 0 aromatic carbocycles. The maximum Gasteiger partial charge on any atom is 0.152 e. The van der Waals surface area contributed by atoms with Gasteiger partial charge < -0.3 is 9.62 Å². The zero-order valence-electron chi connectivity index (χ0n) is 9.56. The van der Waals surface area contributed by atoms with Gasteiger partial charge in [0.2, 0.25) is 0 Å². The fourth-order valence-corrected chi connectivity index (χ4v) is 2.43. The van der Waals surface area contributed by atoms with E-state index in [-0.39, 0.29) is 0 Å². The zero-order valence-corrected chi connectivity index (χ0v) is 10.6. The standard InChI is InChI=1S/C11H14N2O2Si/c1-16(2,3)11-5-9-10(15-11)4-8(6-12-9)7-13-14/h4-7,14H,1-3H3/b13-7-. The summed E-state index contributed by atoms with van der Waals surface area (Å²) >= 11 is 0. The lowest BCUT2D eigenvalue weighted by molar-refractivity contribution is 0.322. The van der Waals surface area contributed by atoms with Crippen LogP contribution in [0.15, 0.2) is 27.9 Å². The van der Waals surface area contributed by atoms with Crippen molar-refractivity contribution in [3.05, 3.63) is 23.9 Å². The van der Waals surface area contributed by atoms with Crippen LogP contribution in [0.2, 0.25) is 19.6 Å². The summed E-state index contributed by atoms with van der Waals surface area (Å²) < 4.78 is 5.78. The minimum absolute atomic E-state index is 0.728. The second-order valence-corrected chi connectivity index (χ2v) is 9.75. The highest BCUT2D eigenvalue weighted by atomic mass is 28.3. The number of hydrogen-bond donors (Lipinski definition) is 1. The Morgan fingerprint density at radius 1 is 1.38 bits per heavy atom. The van der Waals surface area contributed by atoms with Gasteiger partial charge in [-0.15, -0.1) is 0 Å². The molecule has 2 aromatic rings. The number of aromatic nitrogens is 1. The Morgan fingerprint density at radius 2 is 2.12 bits per heavy atom. The van der Waals surface area contributed by atoms with Crippen LogP contribution in [-0.2, 0) is 0 Å². The van der Waals surface area contributed by atoms with Gasteiger partial charge in [-0.1, -0.05) is 24.8 Å². The van der Waals surface area contributed by atoms with Gasteiger partial charge in [0.05, 0.1) is 11.6 Å². The first-order valence-corrected chi connectivity index (χ1v) is 8.58. The van der Waals surface area contributed by atoms with E-state index in [1.165, 1.54) is 6.21 Å². The summed E-state index contributed by atoms with van der Waals surface area (Å²) in [5.41, 5.74) is 2.33. The summed E-state index contributed by atoms with van der Waals surface area (Å²) in [6, 6.07) is 3.83. The Morgan fingerprint density at radius 3 is 2.75 bits per heavy atom. The highest BCUT2D eigenvalue weighted by molar-refractivity contribution is 6.87. The molecule has 0 unspecified atom stereocenters. The van der Waals surface area contributed by atoms with Crippen molar-refractivity contribution in [3.8, 4) is 0 Å². The molecule has 0 atom stereocenters. The number of nitrogens with zero attached hydrogens (tertiary/aromatic N) is 2. The highest BCUT2D eigenvalue weighted by Crippen LogP contribution is 2.15. The number of pyridine rings is 1. The van der Waals surface area contributed by atoms with Crippen LogP contribution in [-0.4, -0.2) is 24.5 Å². The maximum absolute atomic E-state index is 8.44. The molecular weight excluding hydrogens is 220 g/mol. The van der Waals surface area contributed by atoms with Crippen molar-refractivity contribution in [1.82, 2.24) is 4.98 Å². The van der Waals surface area contributed by atoms with Gasteiger partial charge in [0.15, 0.2) is 5.58 Å². The van der Waals surface area contributed by atoms with Crippen molar-refractivity contribution in [2.45, 2.75) is 19.6 Å². The van der Waals surface area contributed by atoms with Crippen LogP contribution in [0, 0.1) is 0 Å². The molecule has 0 aliphatic carbocycles. The van der Waals surface area contributed by atoms with Gasteiger partial charge in [-0.05, 0) is 6.07 Å². The quantitative estimate of drug-likeness (QED) is 0.375. The first kappa shape index (κ1) is 10.9. The lowest BCUT2D eigenvalue weighted by Crippen LogP contribution is -2.36. The summed E-state index contributed by atoms with van der Waals surface area (Å²) in [4.78, 5) is 4.26. The smallest absolute Gasteiger partial charge is 0.152 e. The van der Waals surface area contributed by atoms with E-state index in [2.05, 4.69) is 29.8 Å². The van der Waals surface area contributed by atoms with Crippen LogP contribution in [0.1, 0.15) is 5.56 Å². The van der Waals surface area contributed by atoms with Crippen LogP contribution in [0.3, 0.4) is 0 Å². The van der Waals surface area contributed by atoms with E-state index >= 15 is 0 Å². The fraction of sp³-hybridized carbons (Fsp3) is 0.273. The second kappa shape index (κ2) is 3.75. The summed E-state index contributed by atoms with van der Waals surface area (Å²) in [5.74, 6) is 0. The van der Waals surface area contributed by atoms with E-state index in [4.69, 9.17) is 9.62 Å². The lowest BCUT2D eigenvalue weighted by Gasteiger charge is -2.10. The SMILES string of the molecule is C[Si](C)(C)c1cc2ncc(/C=N\O)cc2o1. The first-order valence-electron chi connectivity index (χ1n) is 5.08. The van der Waals surface area contributed by atoms with E-state index in [0.717, 1.165) is 22.0 Å². The molecule has 1 N–H and O–H groups in total. The van der Waals surface area contributed by atoms with Gasteiger partial charge in [-0.2, -0.15) is 0 Å². The van der Waals surface area contributed by atoms with Crippen molar-refractivity contribution in [2.24, 2.45) is 5.16 Å². The van der Waals surface area contributed by atoms with Gasteiger partial charge >= 0.3 is 0 Å². The van der Waals surface area contributed by atoms with Gasteiger partial charge in [0, 0.05) is 17.8 Å². The normalized spacial score (nSPS) is 12.7. The number of rotatable bonds is 2. The highest BCUT2D eigenvalue weighted by Gasteiger charge is 2.21. The van der Waals surface area contributed by atoms with Crippen molar-refractivity contribution in [1.29, 1.82) is 0 Å². The molecule has 0 spiro atoms. The van der Waals surface area contributed by atoms with Crippen molar-refractivity contribution in [2.75, 3.05) is 0 Å². The number of hydrogen-bond acceptors (Lipinski definition) is 4. The van der Waals surface area contributed by atoms with E-state index in [9.17, 15) is 0 Å². The van der Waals surface area contributed by atoms with Gasteiger partial charge in [0.1, 0.15) is 13.6 Å². The molecule has 0 aliphatic rings. The Kier molecular flexibility index (Phi) is 2.55. The fourth-order valence-electron chi connectivity index (χ4n) is 1.44. The Bertz CT molecular complexity index is 540. The van der Waals surface area contributed by atoms with Crippen LogP contribution in [0.5, 0.6) is 0 Å². The summed E-state index contributed by atoms with van der Waals surface area (Å²) in [6.45, 7) is 6.67. The molecule has 0 radical (unpaired) electrons. The molecule has 2 rings (SSSR count). The average Bonchev–Trinajstić information content (AvgIpc) is 2.60. The van der Waals surface area contributed by atoms with E-state index < -0.39 is 8.07 Å². The topological polar surface area (TPSA) is 58.6 Å². The molecule has 4 nitrogen and oxygen atoms in total. The molecular formula is C11H14N2O2Si. The predicted molar refractivity (Wildman–Crippen MR) is 66.4 cm³/mol. The molecule has 0 saturated carbocycles. The Labute approximate surface area is 94.6 Å². The van der Waals surface area contributed by atoms with Crippen molar-refractivity contribution >= 4 is 30.8 Å². The monoisotopic (exact) mass is 234 g/mol. The van der Waals surface area contributed by atoms with Crippen molar-refractivity contribution in [3.63, 3.8) is 0 Å². The third kappa shape index (κ3) is 1.99. The maximum atomic E-state index is 8.44. The van der Waals surface area contributed by atoms with Gasteiger partial charge in [-0.3, -0.25) is 4.98 Å². The first-order chi connectivity index (χ1) is 7.50. The average molecular weight is 234 g/mol. The van der Waals surface area contributed by atoms with E-state index in [1.807, 2.05) is 12.1 Å². The largest absolute Gasteiger partial charge is 0.465 e. The third-order valence-corrected chi connectivity index (χ3v) is 4.06. The van der Waals surface area contributed by atoms with Gasteiger partial charge in [-0.25, -0.2) is 0 Å². The van der Waals surface area contributed by atoms with E-state index in [0.29, 0.717) is 0 Å². The number of furan rings is 1. The molecule has 0 aliphatic heterocycles. The Hall–Kier alpha value is -1.62. The summed E-state index contributed by atoms with van der Waals surface area (Å²) in [6.07, 6.45) is 2.99. The van der Waals surface area contributed by atoms with Gasteiger partial charge in [0.25, 0.3) is 0 Å². The minimum atomic E-state index is -1.44. The molecule has 84 valence electrons. The third-order valence-electron chi connectivity index (χ3n) is 2.34. The lowest BCUT2D eigenvalue weighted by atomic mass is 10.3. The molecule has 2 aromatic heterocycles. The molecule has 0 amide bonds. The molecule has 2 heterocycles. The molecule has 5 heteroatoms. The van der Waals surface area contributed by atoms with Crippen LogP contribution in [0.4, 0.5) is 0 Å². The number of fused-ring (bicyclic) bond motifs is 1. The second-order valence-electron chi connectivity index (χ2n) is 4.76. The summed E-state index contributed by atoms with van der Waals surface area (Å²) in [5, 5.41) is 12.4. The van der Waals surface area contributed by atoms with Crippen LogP contribution >= 0.6 is 0 Å². The molecule has 16 heavy (non-hydrogen) atoms. The van der Waals surface area contributed by atoms with Crippen LogP contribution in [0.25, 0.3) is 11.1 Å². The predicted octanol–water partition coefficient (Wildman–Crippen LogP) is 2.18.